The number of benzene rings is 1. The molecule has 1 aromatic heterocycles. The van der Waals surface area contributed by atoms with Gasteiger partial charge >= 0.3 is 6.18 Å². The molecule has 0 saturated carbocycles. The lowest BCUT2D eigenvalue weighted by Crippen LogP contribution is -2.19. The van der Waals surface area contributed by atoms with Crippen LogP contribution in [0, 0.1) is 6.92 Å². The molecule has 0 aliphatic rings. The van der Waals surface area contributed by atoms with Gasteiger partial charge in [-0.2, -0.15) is 13.2 Å². The van der Waals surface area contributed by atoms with Crippen molar-refractivity contribution in [1.82, 2.24) is 5.16 Å². The minimum absolute atomic E-state index is 0.0288. The summed E-state index contributed by atoms with van der Waals surface area (Å²) in [6, 6.07) is 7.82. The molecule has 0 saturated heterocycles. The van der Waals surface area contributed by atoms with Crippen molar-refractivity contribution in [2.45, 2.75) is 19.7 Å². The van der Waals surface area contributed by atoms with Crippen molar-refractivity contribution in [2.24, 2.45) is 0 Å². The topological polar surface area (TPSA) is 44.5 Å². The molecule has 1 aromatic carbocycles. The Morgan fingerprint density at radius 3 is 2.35 bits per heavy atom. The molecule has 108 valence electrons. The third kappa shape index (κ3) is 4.18. The molecule has 7 heteroatoms. The second-order valence-electron chi connectivity index (χ2n) is 4.07. The number of aryl methyl sites for hydroxylation is 1. The molecular formula is C13H12F3NO3. The van der Waals surface area contributed by atoms with E-state index in [4.69, 9.17) is 14.0 Å². The average Bonchev–Trinajstić information content (AvgIpc) is 2.80. The Balaban J connectivity index is 2.00. The van der Waals surface area contributed by atoms with E-state index in [0.29, 0.717) is 11.5 Å². The zero-order valence-electron chi connectivity index (χ0n) is 10.6. The van der Waals surface area contributed by atoms with Crippen molar-refractivity contribution in [3.8, 4) is 11.5 Å². The molecule has 4 nitrogen and oxygen atoms in total. The van der Waals surface area contributed by atoms with Gasteiger partial charge < -0.3 is 14.0 Å². The summed E-state index contributed by atoms with van der Waals surface area (Å²) < 4.78 is 51.4. The van der Waals surface area contributed by atoms with Gasteiger partial charge in [0.05, 0.1) is 5.69 Å². The van der Waals surface area contributed by atoms with Gasteiger partial charge in [-0.3, -0.25) is 0 Å². The lowest BCUT2D eigenvalue weighted by atomic mass is 10.3. The molecule has 2 aromatic rings. The van der Waals surface area contributed by atoms with Crippen molar-refractivity contribution in [1.29, 1.82) is 0 Å². The zero-order valence-corrected chi connectivity index (χ0v) is 10.6. The first-order valence-electron chi connectivity index (χ1n) is 5.77. The number of alkyl halides is 3. The number of ether oxygens (including phenoxy) is 2. The number of rotatable bonds is 5. The fourth-order valence-electron chi connectivity index (χ4n) is 1.48. The lowest BCUT2D eigenvalue weighted by Gasteiger charge is -2.13. The van der Waals surface area contributed by atoms with E-state index >= 15 is 0 Å². The van der Waals surface area contributed by atoms with Gasteiger partial charge in [0, 0.05) is 6.07 Å². The fraction of sp³-hybridized carbons (Fsp3) is 0.308. The fourth-order valence-corrected chi connectivity index (χ4v) is 1.48. The standard InChI is InChI=1S/C13H12F3NO3/c1-9-6-10(20-17-9)7-18-11-4-2-3-5-12(11)19-8-13(14,15)16/h2-6H,7-8H2,1H3. The number of para-hydroxylation sites is 2. The van der Waals surface area contributed by atoms with E-state index in [1.54, 1.807) is 25.1 Å². The molecule has 0 radical (unpaired) electrons. The van der Waals surface area contributed by atoms with Gasteiger partial charge in [-0.05, 0) is 19.1 Å². The van der Waals surface area contributed by atoms with Crippen LogP contribution in [0.15, 0.2) is 34.9 Å². The van der Waals surface area contributed by atoms with Crippen LogP contribution in [0.4, 0.5) is 13.2 Å². The van der Waals surface area contributed by atoms with Gasteiger partial charge in [-0.25, -0.2) is 0 Å². The molecule has 0 N–H and O–H groups in total. The molecule has 1 heterocycles. The lowest BCUT2D eigenvalue weighted by molar-refractivity contribution is -0.153. The summed E-state index contributed by atoms with van der Waals surface area (Å²) in [7, 11) is 0. The van der Waals surface area contributed by atoms with E-state index < -0.39 is 12.8 Å². The van der Waals surface area contributed by atoms with E-state index in [1.165, 1.54) is 12.1 Å². The van der Waals surface area contributed by atoms with Crippen LogP contribution in [-0.2, 0) is 6.61 Å². The third-order valence-corrected chi connectivity index (χ3v) is 2.29. The predicted molar refractivity (Wildman–Crippen MR) is 63.6 cm³/mol. The number of halogens is 3. The Morgan fingerprint density at radius 1 is 1.15 bits per heavy atom. The van der Waals surface area contributed by atoms with E-state index in [1.807, 2.05) is 0 Å². The van der Waals surface area contributed by atoms with E-state index in [9.17, 15) is 13.2 Å². The summed E-state index contributed by atoms with van der Waals surface area (Å²) in [5.41, 5.74) is 0.699. The Labute approximate surface area is 113 Å². The Hall–Kier alpha value is -2.18. The highest BCUT2D eigenvalue weighted by Gasteiger charge is 2.28. The second-order valence-corrected chi connectivity index (χ2v) is 4.07. The van der Waals surface area contributed by atoms with Crippen molar-refractivity contribution < 1.29 is 27.2 Å². The maximum absolute atomic E-state index is 12.1. The molecule has 0 fully saturated rings. The van der Waals surface area contributed by atoms with Crippen LogP contribution >= 0.6 is 0 Å². The highest BCUT2D eigenvalue weighted by atomic mass is 19.4. The highest BCUT2D eigenvalue weighted by Crippen LogP contribution is 2.29. The minimum atomic E-state index is -4.39. The predicted octanol–water partition coefficient (Wildman–Crippen LogP) is 3.50. The molecule has 0 spiro atoms. The van der Waals surface area contributed by atoms with Crippen LogP contribution in [0.2, 0.25) is 0 Å². The molecule has 0 aliphatic carbocycles. The second kappa shape index (κ2) is 5.85. The van der Waals surface area contributed by atoms with Gasteiger partial charge in [0.2, 0.25) is 0 Å². The summed E-state index contributed by atoms with van der Waals surface area (Å²) >= 11 is 0. The normalized spacial score (nSPS) is 11.4. The molecule has 0 amide bonds. The van der Waals surface area contributed by atoms with Crippen molar-refractivity contribution in [3.63, 3.8) is 0 Å². The quantitative estimate of drug-likeness (QED) is 0.844. The molecule has 0 aliphatic heterocycles. The maximum Gasteiger partial charge on any atom is 0.422 e. The van der Waals surface area contributed by atoms with Crippen molar-refractivity contribution >= 4 is 0 Å². The summed E-state index contributed by atoms with van der Waals surface area (Å²) in [4.78, 5) is 0. The average molecular weight is 287 g/mol. The van der Waals surface area contributed by atoms with Gasteiger partial charge in [0.1, 0.15) is 6.61 Å². The van der Waals surface area contributed by atoms with Crippen LogP contribution < -0.4 is 9.47 Å². The van der Waals surface area contributed by atoms with Gasteiger partial charge in [0.25, 0.3) is 0 Å². The van der Waals surface area contributed by atoms with Crippen LogP contribution in [0.5, 0.6) is 11.5 Å². The van der Waals surface area contributed by atoms with Crippen LogP contribution in [0.25, 0.3) is 0 Å². The SMILES string of the molecule is Cc1cc(COc2ccccc2OCC(F)(F)F)on1. The Morgan fingerprint density at radius 2 is 1.80 bits per heavy atom. The summed E-state index contributed by atoms with van der Waals surface area (Å²) in [5, 5.41) is 3.68. The molecule has 0 unspecified atom stereocenters. The first-order chi connectivity index (χ1) is 9.44. The molecule has 20 heavy (non-hydrogen) atoms. The van der Waals surface area contributed by atoms with Gasteiger partial charge in [-0.1, -0.05) is 17.3 Å². The molecule has 0 atom stereocenters. The van der Waals surface area contributed by atoms with E-state index in [2.05, 4.69) is 5.16 Å². The van der Waals surface area contributed by atoms with Crippen molar-refractivity contribution in [3.05, 3.63) is 41.8 Å². The Bertz CT molecular complexity index is 566. The van der Waals surface area contributed by atoms with E-state index in [0.717, 1.165) is 0 Å². The number of aromatic nitrogens is 1. The van der Waals surface area contributed by atoms with E-state index in [-0.39, 0.29) is 18.1 Å². The smallest absolute Gasteiger partial charge is 0.422 e. The molecule has 0 bridgehead atoms. The third-order valence-electron chi connectivity index (χ3n) is 2.29. The minimum Gasteiger partial charge on any atom is -0.482 e. The largest absolute Gasteiger partial charge is 0.482 e. The first-order valence-corrected chi connectivity index (χ1v) is 5.77. The van der Waals surface area contributed by atoms with Gasteiger partial charge in [-0.15, -0.1) is 0 Å². The summed E-state index contributed by atoms with van der Waals surface area (Å²) in [6.45, 7) is 0.454. The molecular weight excluding hydrogens is 275 g/mol. The van der Waals surface area contributed by atoms with Crippen molar-refractivity contribution in [2.75, 3.05) is 6.61 Å². The number of hydrogen-bond acceptors (Lipinski definition) is 4. The van der Waals surface area contributed by atoms with Crippen LogP contribution in [0.3, 0.4) is 0 Å². The summed E-state index contributed by atoms with van der Waals surface area (Å²) in [5.74, 6) is 0.722. The van der Waals surface area contributed by atoms with Crippen LogP contribution in [-0.4, -0.2) is 17.9 Å². The highest BCUT2D eigenvalue weighted by molar-refractivity contribution is 5.39. The first kappa shape index (κ1) is 14.2. The van der Waals surface area contributed by atoms with Gasteiger partial charge in [0.15, 0.2) is 23.9 Å². The number of hydrogen-bond donors (Lipinski definition) is 0. The zero-order chi connectivity index (χ0) is 14.6. The Kier molecular flexibility index (Phi) is 4.16. The maximum atomic E-state index is 12.1. The number of nitrogens with zero attached hydrogens (tertiary/aromatic N) is 1. The monoisotopic (exact) mass is 287 g/mol. The summed E-state index contributed by atoms with van der Waals surface area (Å²) in [6.07, 6.45) is -4.39. The molecule has 2 rings (SSSR count). The van der Waals surface area contributed by atoms with Crippen LogP contribution in [0.1, 0.15) is 11.5 Å².